The van der Waals surface area contributed by atoms with Crippen LogP contribution in [0, 0.1) is 0 Å². The maximum absolute atomic E-state index is 5.36. The highest BCUT2D eigenvalue weighted by atomic mass is 16.5. The minimum absolute atomic E-state index is 0.603. The van der Waals surface area contributed by atoms with E-state index in [1.165, 1.54) is 5.57 Å². The largest absolute Gasteiger partial charge is 0.501 e. The van der Waals surface area contributed by atoms with Crippen molar-refractivity contribution in [3.05, 3.63) is 47.3 Å². The molecule has 4 nitrogen and oxygen atoms in total. The molecule has 0 N–H and O–H groups in total. The van der Waals surface area contributed by atoms with Crippen LogP contribution < -0.4 is 14.2 Å². The lowest BCUT2D eigenvalue weighted by Crippen LogP contribution is -1.95. The van der Waals surface area contributed by atoms with Gasteiger partial charge < -0.3 is 18.9 Å². The molecule has 0 unspecified atom stereocenters. The molecule has 1 aromatic rings. The summed E-state index contributed by atoms with van der Waals surface area (Å²) in [5.74, 6) is 2.93. The zero-order valence-electron chi connectivity index (χ0n) is 13.5. The molecule has 22 heavy (non-hydrogen) atoms. The fourth-order valence-corrected chi connectivity index (χ4v) is 2.33. The Balaban J connectivity index is 2.20. The Kier molecular flexibility index (Phi) is 5.53. The van der Waals surface area contributed by atoms with E-state index in [2.05, 4.69) is 18.2 Å². The van der Waals surface area contributed by atoms with Crippen molar-refractivity contribution in [1.82, 2.24) is 0 Å². The molecule has 118 valence electrons. The van der Waals surface area contributed by atoms with Gasteiger partial charge in [-0.1, -0.05) is 18.2 Å². The van der Waals surface area contributed by atoms with E-state index in [4.69, 9.17) is 18.9 Å². The number of rotatable bonds is 6. The van der Waals surface area contributed by atoms with Crippen LogP contribution in [0.2, 0.25) is 0 Å². The van der Waals surface area contributed by atoms with Gasteiger partial charge in [-0.2, -0.15) is 0 Å². The third kappa shape index (κ3) is 3.64. The zero-order chi connectivity index (χ0) is 15.9. The first-order valence-electron chi connectivity index (χ1n) is 7.12. The van der Waals surface area contributed by atoms with Crippen LogP contribution in [0.15, 0.2) is 41.7 Å². The van der Waals surface area contributed by atoms with Crippen LogP contribution >= 0.6 is 0 Å². The van der Waals surface area contributed by atoms with Crippen molar-refractivity contribution in [2.75, 3.05) is 28.4 Å². The molecule has 0 radical (unpaired) electrons. The quantitative estimate of drug-likeness (QED) is 0.796. The number of benzene rings is 1. The highest BCUT2D eigenvalue weighted by molar-refractivity contribution is 5.63. The smallest absolute Gasteiger partial charge is 0.203 e. The molecule has 0 aliphatic heterocycles. The van der Waals surface area contributed by atoms with Gasteiger partial charge in [0.1, 0.15) is 0 Å². The molecule has 2 rings (SSSR count). The average Bonchev–Trinajstić information content (AvgIpc) is 2.59. The molecule has 0 spiro atoms. The predicted octanol–water partition coefficient (Wildman–Crippen LogP) is 3.98. The molecular formula is C18H22O4. The Labute approximate surface area is 131 Å². The average molecular weight is 302 g/mol. The molecular weight excluding hydrogens is 280 g/mol. The van der Waals surface area contributed by atoms with E-state index in [1.807, 2.05) is 18.2 Å². The second-order valence-corrected chi connectivity index (χ2v) is 4.85. The molecule has 1 aliphatic carbocycles. The van der Waals surface area contributed by atoms with Gasteiger partial charge in [0.25, 0.3) is 0 Å². The molecule has 0 bridgehead atoms. The fraction of sp³-hybridized carbons (Fsp3) is 0.333. The van der Waals surface area contributed by atoms with E-state index < -0.39 is 0 Å². The molecule has 0 fully saturated rings. The molecule has 0 saturated carbocycles. The van der Waals surface area contributed by atoms with Gasteiger partial charge in [0.15, 0.2) is 11.5 Å². The number of ether oxygens (including phenoxy) is 4. The first-order valence-corrected chi connectivity index (χ1v) is 7.12. The van der Waals surface area contributed by atoms with E-state index in [0.29, 0.717) is 17.2 Å². The summed E-state index contributed by atoms with van der Waals surface area (Å²) in [5, 5.41) is 0. The third-order valence-corrected chi connectivity index (χ3v) is 3.57. The molecule has 1 aromatic carbocycles. The van der Waals surface area contributed by atoms with Crippen molar-refractivity contribution in [2.45, 2.75) is 12.8 Å². The third-order valence-electron chi connectivity index (χ3n) is 3.57. The van der Waals surface area contributed by atoms with Crippen LogP contribution in [0.3, 0.4) is 0 Å². The number of hydrogen-bond acceptors (Lipinski definition) is 4. The lowest BCUT2D eigenvalue weighted by molar-refractivity contribution is 0.282. The summed E-state index contributed by atoms with van der Waals surface area (Å²) in [6.45, 7) is 0. The summed E-state index contributed by atoms with van der Waals surface area (Å²) in [5.41, 5.74) is 2.26. The first kappa shape index (κ1) is 16.0. The topological polar surface area (TPSA) is 36.9 Å². The molecule has 0 saturated heterocycles. The van der Waals surface area contributed by atoms with Crippen LogP contribution in [0.4, 0.5) is 0 Å². The first-order chi connectivity index (χ1) is 10.7. The van der Waals surface area contributed by atoms with E-state index in [-0.39, 0.29) is 0 Å². The highest BCUT2D eigenvalue weighted by Gasteiger charge is 2.12. The van der Waals surface area contributed by atoms with E-state index in [9.17, 15) is 0 Å². The molecule has 4 heteroatoms. The summed E-state index contributed by atoms with van der Waals surface area (Å²) < 4.78 is 21.3. The van der Waals surface area contributed by atoms with E-state index >= 15 is 0 Å². The van der Waals surface area contributed by atoms with Crippen LogP contribution in [-0.2, 0) is 4.74 Å². The van der Waals surface area contributed by atoms with Gasteiger partial charge in [-0.25, -0.2) is 0 Å². The Morgan fingerprint density at radius 3 is 1.91 bits per heavy atom. The number of methoxy groups -OCH3 is 4. The normalized spacial score (nSPS) is 14.4. The summed E-state index contributed by atoms with van der Waals surface area (Å²) in [7, 11) is 6.54. The van der Waals surface area contributed by atoms with Crippen molar-refractivity contribution in [2.24, 2.45) is 0 Å². The zero-order valence-corrected chi connectivity index (χ0v) is 13.5. The van der Waals surface area contributed by atoms with Gasteiger partial charge >= 0.3 is 0 Å². The Hall–Kier alpha value is -2.36. The molecule has 0 heterocycles. The monoisotopic (exact) mass is 302 g/mol. The van der Waals surface area contributed by atoms with Gasteiger partial charge in [0, 0.05) is 6.42 Å². The van der Waals surface area contributed by atoms with Crippen molar-refractivity contribution >= 4 is 6.08 Å². The van der Waals surface area contributed by atoms with Gasteiger partial charge in [-0.05, 0) is 35.8 Å². The fourth-order valence-electron chi connectivity index (χ4n) is 2.33. The van der Waals surface area contributed by atoms with Gasteiger partial charge in [-0.3, -0.25) is 0 Å². The van der Waals surface area contributed by atoms with Crippen molar-refractivity contribution in [1.29, 1.82) is 0 Å². The predicted molar refractivity (Wildman–Crippen MR) is 87.5 cm³/mol. The number of hydrogen-bond donors (Lipinski definition) is 0. The minimum atomic E-state index is 0.603. The molecule has 1 aliphatic rings. The van der Waals surface area contributed by atoms with Crippen LogP contribution in [0.5, 0.6) is 17.2 Å². The van der Waals surface area contributed by atoms with E-state index in [1.54, 1.807) is 28.4 Å². The van der Waals surface area contributed by atoms with Crippen molar-refractivity contribution in [3.63, 3.8) is 0 Å². The molecule has 0 aromatic heterocycles. The highest BCUT2D eigenvalue weighted by Crippen LogP contribution is 2.38. The van der Waals surface area contributed by atoms with Gasteiger partial charge in [-0.15, -0.1) is 0 Å². The Morgan fingerprint density at radius 2 is 1.45 bits per heavy atom. The van der Waals surface area contributed by atoms with Crippen molar-refractivity contribution < 1.29 is 18.9 Å². The summed E-state index contributed by atoms with van der Waals surface area (Å²) >= 11 is 0. The summed E-state index contributed by atoms with van der Waals surface area (Å²) in [6.07, 6.45) is 10.1. The lowest BCUT2D eigenvalue weighted by Gasteiger charge is -2.13. The van der Waals surface area contributed by atoms with Crippen LogP contribution in [0.25, 0.3) is 6.08 Å². The van der Waals surface area contributed by atoms with Gasteiger partial charge in [0.05, 0.1) is 34.2 Å². The second-order valence-electron chi connectivity index (χ2n) is 4.85. The molecule has 0 amide bonds. The summed E-state index contributed by atoms with van der Waals surface area (Å²) in [4.78, 5) is 0. The summed E-state index contributed by atoms with van der Waals surface area (Å²) in [6, 6.07) is 3.86. The standard InChI is InChI=1S/C18H22O4/c1-19-15-9-7-13(8-10-15)5-6-14-11-16(20-2)18(22-4)17(12-14)21-3/h5-7,10-12H,8-9H2,1-4H3/b6-5+. The maximum atomic E-state index is 5.36. The molecule has 0 atom stereocenters. The Morgan fingerprint density at radius 1 is 0.773 bits per heavy atom. The van der Waals surface area contributed by atoms with Crippen LogP contribution in [0.1, 0.15) is 18.4 Å². The maximum Gasteiger partial charge on any atom is 0.203 e. The lowest BCUT2D eigenvalue weighted by atomic mass is 10.0. The minimum Gasteiger partial charge on any atom is -0.501 e. The Bertz CT molecular complexity index is 587. The van der Waals surface area contributed by atoms with Crippen molar-refractivity contribution in [3.8, 4) is 17.2 Å². The number of allylic oxidation sites excluding steroid dienone is 4. The van der Waals surface area contributed by atoms with E-state index in [0.717, 1.165) is 24.2 Å². The van der Waals surface area contributed by atoms with Gasteiger partial charge in [0.2, 0.25) is 5.75 Å². The van der Waals surface area contributed by atoms with Crippen LogP contribution in [-0.4, -0.2) is 28.4 Å². The SMILES string of the molecule is COC1=CCC(/C=C/c2cc(OC)c(OC)c(OC)c2)=CC1. The second kappa shape index (κ2) is 7.59.